The lowest BCUT2D eigenvalue weighted by atomic mass is 10.0. The largest absolute Gasteiger partial charge is 0.459 e. The van der Waals surface area contributed by atoms with Crippen LogP contribution in [0.3, 0.4) is 0 Å². The van der Waals surface area contributed by atoms with Gasteiger partial charge in [0.1, 0.15) is 0 Å². The smallest absolute Gasteiger partial charge is 0.338 e. The zero-order valence-corrected chi connectivity index (χ0v) is 15.2. The summed E-state index contributed by atoms with van der Waals surface area (Å²) >= 11 is 0. The van der Waals surface area contributed by atoms with Crippen molar-refractivity contribution in [2.24, 2.45) is 0 Å². The number of ketones is 1. The Balaban J connectivity index is 1.90. The molecule has 1 N–H and O–H groups in total. The quantitative estimate of drug-likeness (QED) is 0.599. The number of anilines is 1. The molecule has 136 valence electrons. The molecule has 0 heterocycles. The first kappa shape index (κ1) is 19.4. The fourth-order valence-corrected chi connectivity index (χ4v) is 2.34. The molecule has 2 aromatic carbocycles. The molecule has 0 spiro atoms. The Morgan fingerprint density at radius 1 is 0.962 bits per heavy atom. The molecule has 0 aliphatic carbocycles. The Morgan fingerprint density at radius 2 is 1.65 bits per heavy atom. The molecule has 5 nitrogen and oxygen atoms in total. The highest BCUT2D eigenvalue weighted by atomic mass is 16.5. The van der Waals surface area contributed by atoms with Gasteiger partial charge >= 0.3 is 5.97 Å². The maximum absolute atomic E-state index is 12.1. The average Bonchev–Trinajstić information content (AvgIpc) is 2.60. The van der Waals surface area contributed by atoms with Gasteiger partial charge in [0.25, 0.3) is 0 Å². The highest BCUT2D eigenvalue weighted by molar-refractivity contribution is 6.00. The number of carbonyl (C=O) groups excluding carboxylic acids is 3. The first-order chi connectivity index (χ1) is 12.3. The fraction of sp³-hybridized carbons (Fsp3) is 0.286. The monoisotopic (exact) mass is 353 g/mol. The van der Waals surface area contributed by atoms with Crippen LogP contribution < -0.4 is 5.32 Å². The van der Waals surface area contributed by atoms with Crippen LogP contribution in [0.15, 0.2) is 48.5 Å². The van der Waals surface area contributed by atoms with Gasteiger partial charge in [-0.15, -0.1) is 0 Å². The van der Waals surface area contributed by atoms with Gasteiger partial charge in [-0.25, -0.2) is 4.79 Å². The van der Waals surface area contributed by atoms with Crippen molar-refractivity contribution in [1.82, 2.24) is 0 Å². The zero-order valence-electron chi connectivity index (χ0n) is 15.2. The van der Waals surface area contributed by atoms with E-state index in [9.17, 15) is 14.4 Å². The second kappa shape index (κ2) is 8.94. The Kier molecular flexibility index (Phi) is 6.67. The predicted octanol–water partition coefficient (Wildman–Crippen LogP) is 4.16. The van der Waals surface area contributed by atoms with Gasteiger partial charge in [-0.1, -0.05) is 35.9 Å². The fourth-order valence-electron chi connectivity index (χ4n) is 2.34. The first-order valence-electron chi connectivity index (χ1n) is 8.56. The van der Waals surface area contributed by atoms with E-state index >= 15 is 0 Å². The molecule has 26 heavy (non-hydrogen) atoms. The summed E-state index contributed by atoms with van der Waals surface area (Å²) in [6, 6.07) is 13.8. The number of benzene rings is 2. The number of nitrogens with one attached hydrogen (secondary N) is 1. The molecule has 5 heteroatoms. The maximum Gasteiger partial charge on any atom is 0.338 e. The van der Waals surface area contributed by atoms with Crippen LogP contribution in [0.4, 0.5) is 5.69 Å². The second-order valence-corrected chi connectivity index (χ2v) is 6.37. The van der Waals surface area contributed by atoms with Crippen LogP contribution in [0, 0.1) is 6.92 Å². The summed E-state index contributed by atoms with van der Waals surface area (Å²) in [5.74, 6) is -0.792. The van der Waals surface area contributed by atoms with E-state index in [2.05, 4.69) is 5.32 Å². The number of amides is 1. The van der Waals surface area contributed by atoms with E-state index < -0.39 is 5.97 Å². The van der Waals surface area contributed by atoms with Crippen molar-refractivity contribution in [1.29, 1.82) is 0 Å². The molecule has 0 fully saturated rings. The van der Waals surface area contributed by atoms with Gasteiger partial charge < -0.3 is 10.1 Å². The van der Waals surface area contributed by atoms with Crippen molar-refractivity contribution in [2.75, 3.05) is 5.32 Å². The Bertz CT molecular complexity index is 794. The Hall–Kier alpha value is -2.95. The Morgan fingerprint density at radius 3 is 2.31 bits per heavy atom. The molecule has 0 unspecified atom stereocenters. The lowest BCUT2D eigenvalue weighted by Gasteiger charge is -2.10. The highest BCUT2D eigenvalue weighted by Crippen LogP contribution is 2.14. The molecule has 0 aromatic heterocycles. The molecule has 2 rings (SSSR count). The third-order valence-corrected chi connectivity index (χ3v) is 3.68. The molecular formula is C21H23NO4. The van der Waals surface area contributed by atoms with Crippen molar-refractivity contribution < 1.29 is 19.1 Å². The summed E-state index contributed by atoms with van der Waals surface area (Å²) in [5.41, 5.74) is 2.54. The average molecular weight is 353 g/mol. The molecule has 0 bridgehead atoms. The van der Waals surface area contributed by atoms with Gasteiger partial charge in [0.2, 0.25) is 5.91 Å². The maximum atomic E-state index is 12.1. The number of hydrogen-bond acceptors (Lipinski definition) is 4. The standard InChI is InChI=1S/C21H23NO4/c1-14(2)26-21(25)17-5-4-6-18(13-17)22-20(24)12-11-19(23)16-9-7-15(3)8-10-16/h4-10,13-14H,11-12H2,1-3H3,(H,22,24). The van der Waals surface area contributed by atoms with Crippen LogP contribution in [0.25, 0.3) is 0 Å². The number of esters is 1. The van der Waals surface area contributed by atoms with Crippen molar-refractivity contribution in [3.05, 3.63) is 65.2 Å². The van der Waals surface area contributed by atoms with E-state index in [0.717, 1.165) is 5.56 Å². The van der Waals surface area contributed by atoms with Crippen LogP contribution >= 0.6 is 0 Å². The van der Waals surface area contributed by atoms with Crippen molar-refractivity contribution in [2.45, 2.75) is 39.7 Å². The van der Waals surface area contributed by atoms with Gasteiger partial charge in [-0.3, -0.25) is 9.59 Å². The number of aryl methyl sites for hydroxylation is 1. The number of Topliss-reactive ketones (excluding diaryl/α,β-unsaturated/α-hetero) is 1. The topological polar surface area (TPSA) is 72.5 Å². The second-order valence-electron chi connectivity index (χ2n) is 6.37. The number of carbonyl (C=O) groups is 3. The van der Waals surface area contributed by atoms with Gasteiger partial charge in [-0.2, -0.15) is 0 Å². The molecule has 0 saturated carbocycles. The van der Waals surface area contributed by atoms with Crippen molar-refractivity contribution in [3.63, 3.8) is 0 Å². The Labute approximate surface area is 153 Å². The SMILES string of the molecule is Cc1ccc(C(=O)CCC(=O)Nc2cccc(C(=O)OC(C)C)c2)cc1. The van der Waals surface area contributed by atoms with Gasteiger partial charge in [0.15, 0.2) is 5.78 Å². The van der Waals surface area contributed by atoms with Crippen LogP contribution in [0.2, 0.25) is 0 Å². The normalized spacial score (nSPS) is 10.5. The van der Waals surface area contributed by atoms with E-state index in [1.807, 2.05) is 19.1 Å². The minimum Gasteiger partial charge on any atom is -0.459 e. The lowest BCUT2D eigenvalue weighted by molar-refractivity contribution is -0.116. The summed E-state index contributed by atoms with van der Waals surface area (Å²) < 4.78 is 5.14. The van der Waals surface area contributed by atoms with Gasteiger partial charge in [0.05, 0.1) is 11.7 Å². The molecule has 0 aliphatic heterocycles. The van der Waals surface area contributed by atoms with Crippen LogP contribution in [0.1, 0.15) is 53.0 Å². The lowest BCUT2D eigenvalue weighted by Crippen LogP contribution is -2.15. The minimum absolute atomic E-state index is 0.0746. The van der Waals surface area contributed by atoms with Crippen molar-refractivity contribution in [3.8, 4) is 0 Å². The van der Waals surface area contributed by atoms with Crippen LogP contribution in [0.5, 0.6) is 0 Å². The molecule has 1 amide bonds. The first-order valence-corrected chi connectivity index (χ1v) is 8.56. The van der Waals surface area contributed by atoms with Crippen molar-refractivity contribution >= 4 is 23.3 Å². The van der Waals surface area contributed by atoms with E-state index in [1.54, 1.807) is 50.2 Å². The number of ether oxygens (including phenoxy) is 1. The molecule has 0 saturated heterocycles. The van der Waals surface area contributed by atoms with Gasteiger partial charge in [-0.05, 0) is 39.0 Å². The highest BCUT2D eigenvalue weighted by Gasteiger charge is 2.12. The van der Waals surface area contributed by atoms with E-state index in [4.69, 9.17) is 4.74 Å². The summed E-state index contributed by atoms with van der Waals surface area (Å²) in [7, 11) is 0. The van der Waals surface area contributed by atoms with Gasteiger partial charge in [0, 0.05) is 24.1 Å². The van der Waals surface area contributed by atoms with E-state index in [1.165, 1.54) is 0 Å². The molecule has 0 aliphatic rings. The molecule has 0 atom stereocenters. The minimum atomic E-state index is -0.439. The van der Waals surface area contributed by atoms with Crippen LogP contribution in [-0.4, -0.2) is 23.8 Å². The molecule has 0 radical (unpaired) electrons. The van der Waals surface area contributed by atoms with E-state index in [-0.39, 0.29) is 30.6 Å². The summed E-state index contributed by atoms with van der Waals surface area (Å²) in [4.78, 5) is 36.1. The summed E-state index contributed by atoms with van der Waals surface area (Å²) in [6.07, 6.45) is -0.00861. The molecular weight excluding hydrogens is 330 g/mol. The van der Waals surface area contributed by atoms with Crippen LogP contribution in [-0.2, 0) is 9.53 Å². The predicted molar refractivity (Wildman–Crippen MR) is 100 cm³/mol. The number of hydrogen-bond donors (Lipinski definition) is 1. The van der Waals surface area contributed by atoms with E-state index in [0.29, 0.717) is 16.8 Å². The third-order valence-electron chi connectivity index (χ3n) is 3.68. The third kappa shape index (κ3) is 5.84. The molecule has 2 aromatic rings. The zero-order chi connectivity index (χ0) is 19.1. The number of rotatable bonds is 7. The summed E-state index contributed by atoms with van der Waals surface area (Å²) in [5, 5.41) is 2.71. The summed E-state index contributed by atoms with van der Waals surface area (Å²) in [6.45, 7) is 5.50.